The van der Waals surface area contributed by atoms with Gasteiger partial charge in [-0.3, -0.25) is 19.4 Å². The maximum Gasteiger partial charge on any atom is 0.471 e. The van der Waals surface area contributed by atoms with Gasteiger partial charge in [0.15, 0.2) is 0 Å². The Kier molecular flexibility index (Phi) is 21.3. The number of likely N-dealkylation sites (tertiary alicyclic amines) is 2. The van der Waals surface area contributed by atoms with Crippen LogP contribution < -0.4 is 5.32 Å². The molecule has 0 aromatic carbocycles. The van der Waals surface area contributed by atoms with E-state index in [2.05, 4.69) is 46.1 Å². The van der Waals surface area contributed by atoms with Crippen LogP contribution in [0, 0.1) is 11.9 Å². The van der Waals surface area contributed by atoms with Crippen molar-refractivity contribution in [2.75, 3.05) is 78.8 Å². The first-order valence-electron chi connectivity index (χ1n) is 17.8. The summed E-state index contributed by atoms with van der Waals surface area (Å²) in [5.74, 6) is -1.76. The monoisotopic (exact) mass is 779 g/mol. The van der Waals surface area contributed by atoms with Gasteiger partial charge >= 0.3 is 60.1 Å². The average molecular weight is 778 g/mol. The van der Waals surface area contributed by atoms with Gasteiger partial charge in [0.1, 0.15) is 0 Å². The maximum absolute atomic E-state index is 13.1. The number of aliphatic hydroxyl groups is 1. The minimum Gasteiger partial charge on any atom is -0.378 e. The molecule has 295 valence electrons. The predicted octanol–water partition coefficient (Wildman–Crippen LogP) is -2.33. The summed E-state index contributed by atoms with van der Waals surface area (Å²) in [6.07, 6.45) is -4.19. The summed E-state index contributed by atoms with van der Waals surface area (Å²) in [5.41, 5.74) is 0. The Morgan fingerprint density at radius 2 is 1.20 bits per heavy atom. The molecule has 6 aliphatic rings. The molecule has 6 rings (SSSR count). The van der Waals surface area contributed by atoms with Crippen molar-refractivity contribution in [2.45, 2.75) is 81.1 Å². The summed E-state index contributed by atoms with van der Waals surface area (Å²) in [4.78, 5) is 31.7. The molecule has 6 atom stereocenters. The van der Waals surface area contributed by atoms with Gasteiger partial charge in [-0.25, -0.2) is 0 Å². The number of piperazine rings is 2. The van der Waals surface area contributed by atoms with Crippen molar-refractivity contribution in [2.24, 2.45) is 0 Å². The average Bonchev–Trinajstić information content (AvgIpc) is 3.90. The van der Waals surface area contributed by atoms with Crippen LogP contribution in [-0.2, 0) is 23.8 Å². The number of fused-ring (bicyclic) bond motifs is 2. The Bertz CT molecular complexity index is 1240. The molecule has 6 saturated heterocycles. The van der Waals surface area contributed by atoms with Gasteiger partial charge in [-0.1, -0.05) is 0 Å². The van der Waals surface area contributed by atoms with Gasteiger partial charge in [0, 0.05) is 70.2 Å². The zero-order chi connectivity index (χ0) is 41.3. The minimum absolute atomic E-state index is 0.0330. The topological polar surface area (TPSA) is 138 Å². The van der Waals surface area contributed by atoms with Crippen LogP contribution in [0.5, 0.6) is 0 Å². The minimum atomic E-state index is -4.88. The van der Waals surface area contributed by atoms with Crippen LogP contribution in [0.15, 0.2) is 0 Å². The third kappa shape index (κ3) is 13.7. The zero-order valence-electron chi connectivity index (χ0n) is 30.8. The van der Waals surface area contributed by atoms with Crippen molar-refractivity contribution in [3.63, 3.8) is 0 Å². The molecule has 0 saturated carbocycles. The number of ether oxygens (including phenoxy) is 2. The number of hydrogen-bond donors (Lipinski definition) is 3. The van der Waals surface area contributed by atoms with Gasteiger partial charge in [-0.2, -0.15) is 26.3 Å². The number of carbonyl (C=O) groups excluding carboxylic acids is 2. The van der Waals surface area contributed by atoms with Crippen LogP contribution in [-0.4, -0.2) is 226 Å². The van der Waals surface area contributed by atoms with E-state index in [1.165, 1.54) is 6.11 Å². The molecule has 6 aliphatic heterocycles. The molecule has 2 amide bonds. The number of halogens is 6. The Balaban J connectivity index is 0.000000308. The SMILES string of the molecule is CB(O)N1CCN(C(=O)C(F)(F)F)[C@H]2[C@H]1COC[C@@H]2N1CCCC1.O=BC#CO.O=C(N1CCN[C@@H]2COC[C@H](N3CCCC3)[C@H]21)C(F)(F)F.[B][B].[B][B][B]. The van der Waals surface area contributed by atoms with Gasteiger partial charge in [-0.05, 0) is 58.7 Å². The first-order valence-corrected chi connectivity index (χ1v) is 17.8. The van der Waals surface area contributed by atoms with Crippen LogP contribution in [0.4, 0.5) is 26.3 Å². The fourth-order valence-corrected chi connectivity index (χ4v) is 7.99. The summed E-state index contributed by atoms with van der Waals surface area (Å²) in [6.45, 7) is 6.88. The Hall–Kier alpha value is -2.15. The molecule has 9 radical (unpaired) electrons. The van der Waals surface area contributed by atoms with Crippen LogP contribution in [0.25, 0.3) is 0 Å². The van der Waals surface area contributed by atoms with Crippen molar-refractivity contribution in [3.05, 3.63) is 0 Å². The van der Waals surface area contributed by atoms with Crippen molar-refractivity contribution in [3.8, 4) is 11.9 Å². The van der Waals surface area contributed by atoms with Gasteiger partial charge in [0.2, 0.25) is 0 Å². The van der Waals surface area contributed by atoms with Gasteiger partial charge in [0.25, 0.3) is 0 Å². The van der Waals surface area contributed by atoms with Crippen LogP contribution in [0.3, 0.4) is 0 Å². The molecule has 0 bridgehead atoms. The molecule has 0 spiro atoms. The number of nitrogens with zero attached hydrogens (tertiary/aromatic N) is 5. The number of aliphatic hydroxyl groups excluding tert-OH is 1. The molecule has 26 heteroatoms. The first kappa shape index (κ1) is 49.0. The largest absolute Gasteiger partial charge is 0.471 e. The zero-order valence-corrected chi connectivity index (χ0v) is 30.8. The Morgan fingerprint density at radius 3 is 1.62 bits per heavy atom. The molecule has 0 unspecified atom stereocenters. The molecule has 3 N–H and O–H groups in total. The summed E-state index contributed by atoms with van der Waals surface area (Å²) in [7, 11) is 17.5. The first-order chi connectivity index (χ1) is 26.1. The molecule has 6 heterocycles. The van der Waals surface area contributed by atoms with E-state index >= 15 is 0 Å². The van der Waals surface area contributed by atoms with E-state index in [9.17, 15) is 41.0 Å². The quantitative estimate of drug-likeness (QED) is 0.162. The van der Waals surface area contributed by atoms with Crippen molar-refractivity contribution >= 4 is 64.0 Å². The third-order valence-corrected chi connectivity index (χ3v) is 10.1. The molecule has 55 heavy (non-hydrogen) atoms. The normalized spacial score (nSPS) is 28.1. The smallest absolute Gasteiger partial charge is 0.378 e. The number of carbonyl (C=O) groups is 2. The summed E-state index contributed by atoms with van der Waals surface area (Å²) < 4.78 is 98.0. The second-order valence-electron chi connectivity index (χ2n) is 13.2. The Morgan fingerprint density at radius 1 is 0.764 bits per heavy atom. The fraction of sp³-hybridized carbons (Fsp3) is 0.862. The third-order valence-electron chi connectivity index (χ3n) is 10.1. The van der Waals surface area contributed by atoms with Gasteiger partial charge in [-0.15, -0.1) is 0 Å². The number of hydrogen-bond acceptors (Lipinski definition) is 11. The predicted molar refractivity (Wildman–Crippen MR) is 195 cm³/mol. The Labute approximate surface area is 325 Å². The number of rotatable bonds is 3. The van der Waals surface area contributed by atoms with E-state index in [1.54, 1.807) is 17.5 Å². The standard InChI is InChI=1S/C14H23BF3N3O3.C13H20F3N3O2.C2HBO2.B3.B2/c1-15(23)21-7-6-20(13(22)14(16,17)18)12-10(8-24-9-11(12)21)19-4-2-3-5-19;14-13(15,16)12(20)19-6-3-17-9-7-21-8-10(11(9)19)18-4-1-2-5-18;4-2-1-3-5;1-3-2;1-2/h10-12,23H,2-9H2,1H3;9-11,17H,1-8H2;4H;;/t10-,11+,12+;9-,10+,11+;;;/m01.../s1. The van der Waals surface area contributed by atoms with E-state index in [1.807, 2.05) is 0 Å². The molecule has 0 aliphatic carbocycles. The molecule has 13 nitrogen and oxygen atoms in total. The van der Waals surface area contributed by atoms with E-state index in [0.29, 0.717) is 33.5 Å². The summed E-state index contributed by atoms with van der Waals surface area (Å²) in [6, 6.07) is -2.13. The van der Waals surface area contributed by atoms with Crippen molar-refractivity contribution in [1.82, 2.24) is 29.7 Å². The van der Waals surface area contributed by atoms with Crippen LogP contribution in [0.2, 0.25) is 6.82 Å². The number of amides is 2. The summed E-state index contributed by atoms with van der Waals surface area (Å²) in [5, 5.41) is 20.7. The van der Waals surface area contributed by atoms with Crippen LogP contribution >= 0.6 is 0 Å². The maximum atomic E-state index is 13.1. The van der Waals surface area contributed by atoms with Gasteiger partial charge in [0.05, 0.1) is 56.6 Å². The van der Waals surface area contributed by atoms with Crippen LogP contribution in [0.1, 0.15) is 25.7 Å². The van der Waals surface area contributed by atoms with E-state index in [0.717, 1.165) is 68.7 Å². The van der Waals surface area contributed by atoms with Gasteiger partial charge < -0.3 is 34.4 Å². The van der Waals surface area contributed by atoms with Crippen molar-refractivity contribution in [1.29, 1.82) is 0 Å². The van der Waals surface area contributed by atoms with E-state index in [4.69, 9.17) is 19.3 Å². The van der Waals surface area contributed by atoms with Crippen molar-refractivity contribution < 1.29 is 60.2 Å². The molecule has 0 aromatic heterocycles. The van der Waals surface area contributed by atoms with E-state index < -0.39 is 49.3 Å². The fourth-order valence-electron chi connectivity index (χ4n) is 7.99. The number of nitrogens with one attached hydrogen (secondary N) is 1. The molecular weight excluding hydrogens is 734 g/mol. The number of alkyl halides is 6. The molecule has 6 fully saturated rings. The second-order valence-corrected chi connectivity index (χ2v) is 13.2. The molecule has 0 aromatic rings. The van der Waals surface area contributed by atoms with E-state index in [-0.39, 0.29) is 44.4 Å². The summed E-state index contributed by atoms with van der Waals surface area (Å²) >= 11 is 0. The second kappa shape index (κ2) is 23.9. The molecular formula is C29H44B7F6N6O7.